The summed E-state index contributed by atoms with van der Waals surface area (Å²) in [5.74, 6) is -0.680. The molecule has 2 aromatic rings. The molecule has 1 amide bonds. The molecule has 1 aromatic carbocycles. The Morgan fingerprint density at radius 3 is 2.62 bits per heavy atom. The molecule has 0 aliphatic rings. The summed E-state index contributed by atoms with van der Waals surface area (Å²) in [4.78, 5) is 28.2. The minimum Gasteiger partial charge on any atom is -0.465 e. The van der Waals surface area contributed by atoms with Crippen LogP contribution in [0.4, 0.5) is 5.13 Å². The molecule has 0 bridgehead atoms. The summed E-state index contributed by atoms with van der Waals surface area (Å²) in [6, 6.07) is 6.43. The summed E-state index contributed by atoms with van der Waals surface area (Å²) in [6.45, 7) is 3.63. The van der Waals surface area contributed by atoms with Gasteiger partial charge in [0.25, 0.3) is 11.5 Å². The lowest BCUT2D eigenvalue weighted by atomic mass is 10.3. The van der Waals surface area contributed by atoms with E-state index in [4.69, 9.17) is 32.7 Å². The van der Waals surface area contributed by atoms with Gasteiger partial charge in [0, 0.05) is 5.02 Å². The number of thiazole rings is 1. The molecule has 24 heavy (non-hydrogen) atoms. The molecule has 0 fully saturated rings. The van der Waals surface area contributed by atoms with Gasteiger partial charge in [0.1, 0.15) is 10.6 Å². The van der Waals surface area contributed by atoms with Crippen LogP contribution in [0.5, 0.6) is 5.75 Å². The number of carbonyl (C=O) groups excluding carboxylic acids is 2. The summed E-state index contributed by atoms with van der Waals surface area (Å²) < 4.78 is 10.2. The first-order valence-electron chi connectivity index (χ1n) is 6.92. The van der Waals surface area contributed by atoms with Gasteiger partial charge in [-0.1, -0.05) is 34.5 Å². The largest absolute Gasteiger partial charge is 0.465 e. The average molecular weight is 389 g/mol. The molecule has 2 rings (SSSR count). The smallest absolute Gasteiger partial charge is 0.350 e. The maximum atomic E-state index is 12.1. The van der Waals surface area contributed by atoms with Crippen molar-refractivity contribution in [3.8, 4) is 5.75 Å². The van der Waals surface area contributed by atoms with E-state index in [-0.39, 0.29) is 11.7 Å². The monoisotopic (exact) mass is 388 g/mol. The summed E-state index contributed by atoms with van der Waals surface area (Å²) in [5.41, 5.74) is -0.792. The Morgan fingerprint density at radius 2 is 2.00 bits per heavy atom. The molecule has 1 unspecified atom stereocenters. The topological polar surface area (TPSA) is 77.5 Å². The van der Waals surface area contributed by atoms with Gasteiger partial charge in [0.2, 0.25) is 0 Å². The van der Waals surface area contributed by atoms with Crippen LogP contribution in [0.25, 0.3) is 0 Å². The standard InChI is InChI=1S/C15H14Cl2N2O4S/c1-3-22-14(21)11-8(2)18-15(24-11)19-13(20)12(17)23-10-6-4-9(16)5-7-10/h4-7,12H,3H2,1-2H3,(H,18,19,20). The highest BCUT2D eigenvalue weighted by Gasteiger charge is 2.21. The number of nitrogens with one attached hydrogen (secondary N) is 1. The van der Waals surface area contributed by atoms with Gasteiger partial charge < -0.3 is 9.47 Å². The molecule has 1 N–H and O–H groups in total. The molecule has 0 aliphatic heterocycles. The van der Waals surface area contributed by atoms with Crippen molar-refractivity contribution in [1.29, 1.82) is 0 Å². The summed E-state index contributed by atoms with van der Waals surface area (Å²) in [6.07, 6.45) is 0. The van der Waals surface area contributed by atoms with Crippen LogP contribution in [0.1, 0.15) is 22.3 Å². The quantitative estimate of drug-likeness (QED) is 0.600. The molecular formula is C15H14Cl2N2O4S. The second kappa shape index (κ2) is 8.32. The van der Waals surface area contributed by atoms with Gasteiger partial charge in [-0.3, -0.25) is 10.1 Å². The number of benzene rings is 1. The van der Waals surface area contributed by atoms with Crippen LogP contribution in [0.15, 0.2) is 24.3 Å². The maximum Gasteiger partial charge on any atom is 0.350 e. The number of anilines is 1. The first kappa shape index (κ1) is 18.5. The SMILES string of the molecule is CCOC(=O)c1sc(NC(=O)C(Cl)Oc2ccc(Cl)cc2)nc1C. The van der Waals surface area contributed by atoms with Crippen molar-refractivity contribution in [1.82, 2.24) is 4.98 Å². The van der Waals surface area contributed by atoms with Crippen LogP contribution < -0.4 is 10.1 Å². The number of hydrogen-bond donors (Lipinski definition) is 1. The van der Waals surface area contributed by atoms with E-state index in [2.05, 4.69) is 10.3 Å². The number of rotatable bonds is 6. The number of alkyl halides is 1. The van der Waals surface area contributed by atoms with Gasteiger partial charge >= 0.3 is 5.97 Å². The molecule has 0 aliphatic carbocycles. The number of aryl methyl sites for hydroxylation is 1. The number of nitrogens with zero attached hydrogens (tertiary/aromatic N) is 1. The zero-order valence-corrected chi connectivity index (χ0v) is 15.2. The number of aromatic nitrogens is 1. The Kier molecular flexibility index (Phi) is 6.42. The fraction of sp³-hybridized carbons (Fsp3) is 0.267. The van der Waals surface area contributed by atoms with Gasteiger partial charge in [-0.25, -0.2) is 9.78 Å². The van der Waals surface area contributed by atoms with Crippen molar-refractivity contribution >= 4 is 51.5 Å². The van der Waals surface area contributed by atoms with Gasteiger partial charge in [-0.05, 0) is 38.1 Å². The highest BCUT2D eigenvalue weighted by Crippen LogP contribution is 2.24. The Balaban J connectivity index is 1.99. The minimum absolute atomic E-state index is 0.242. The molecule has 0 saturated heterocycles. The molecular weight excluding hydrogens is 375 g/mol. The predicted molar refractivity (Wildman–Crippen MR) is 93.2 cm³/mol. The number of hydrogen-bond acceptors (Lipinski definition) is 6. The van der Waals surface area contributed by atoms with Crippen LogP contribution in [0.3, 0.4) is 0 Å². The molecule has 0 spiro atoms. The number of amides is 1. The number of halogens is 2. The molecule has 1 aromatic heterocycles. The molecule has 1 heterocycles. The van der Waals surface area contributed by atoms with Crippen LogP contribution >= 0.6 is 34.5 Å². The van der Waals surface area contributed by atoms with Crippen molar-refractivity contribution in [2.24, 2.45) is 0 Å². The second-order valence-electron chi connectivity index (χ2n) is 4.53. The van der Waals surface area contributed by atoms with Gasteiger partial charge in [0.05, 0.1) is 12.3 Å². The Bertz CT molecular complexity index is 734. The van der Waals surface area contributed by atoms with Crippen LogP contribution in [0.2, 0.25) is 5.02 Å². The fourth-order valence-corrected chi connectivity index (χ4v) is 2.83. The zero-order valence-electron chi connectivity index (χ0n) is 12.8. The van der Waals surface area contributed by atoms with Crippen LogP contribution in [-0.2, 0) is 9.53 Å². The number of ether oxygens (including phenoxy) is 2. The Hall–Kier alpha value is -1.83. The lowest BCUT2D eigenvalue weighted by Crippen LogP contribution is -2.28. The van der Waals surface area contributed by atoms with Gasteiger partial charge in [-0.2, -0.15) is 0 Å². The number of carbonyl (C=O) groups is 2. The average Bonchev–Trinajstić information content (AvgIpc) is 2.90. The third-order valence-electron chi connectivity index (χ3n) is 2.75. The third kappa shape index (κ3) is 4.83. The highest BCUT2D eigenvalue weighted by molar-refractivity contribution is 7.17. The third-order valence-corrected chi connectivity index (χ3v) is 4.34. The van der Waals surface area contributed by atoms with Crippen molar-refractivity contribution in [2.45, 2.75) is 19.4 Å². The van der Waals surface area contributed by atoms with Crippen LogP contribution in [0, 0.1) is 6.92 Å². The molecule has 128 valence electrons. The Labute approximate surface area is 152 Å². The van der Waals surface area contributed by atoms with E-state index in [0.29, 0.717) is 21.3 Å². The van der Waals surface area contributed by atoms with E-state index in [1.165, 1.54) is 0 Å². The van der Waals surface area contributed by atoms with Crippen molar-refractivity contribution in [3.63, 3.8) is 0 Å². The lowest BCUT2D eigenvalue weighted by molar-refractivity contribution is -0.119. The van der Waals surface area contributed by atoms with Crippen LogP contribution in [-0.4, -0.2) is 29.0 Å². The number of esters is 1. The Morgan fingerprint density at radius 1 is 1.33 bits per heavy atom. The maximum absolute atomic E-state index is 12.1. The second-order valence-corrected chi connectivity index (χ2v) is 6.36. The first-order valence-corrected chi connectivity index (χ1v) is 8.55. The normalized spacial score (nSPS) is 11.7. The van der Waals surface area contributed by atoms with E-state index in [0.717, 1.165) is 11.3 Å². The van der Waals surface area contributed by atoms with Crippen molar-refractivity contribution < 1.29 is 19.1 Å². The van der Waals surface area contributed by atoms with Crippen molar-refractivity contribution in [2.75, 3.05) is 11.9 Å². The lowest BCUT2D eigenvalue weighted by Gasteiger charge is -2.11. The molecule has 9 heteroatoms. The van der Waals surface area contributed by atoms with Gasteiger partial charge in [-0.15, -0.1) is 0 Å². The predicted octanol–water partition coefficient (Wildman–Crippen LogP) is 3.86. The summed E-state index contributed by atoms with van der Waals surface area (Å²) >= 11 is 12.7. The summed E-state index contributed by atoms with van der Waals surface area (Å²) in [7, 11) is 0. The van der Waals surface area contributed by atoms with E-state index >= 15 is 0 Å². The molecule has 0 radical (unpaired) electrons. The summed E-state index contributed by atoms with van der Waals surface area (Å²) in [5, 5.41) is 3.29. The van der Waals surface area contributed by atoms with Gasteiger partial charge in [0.15, 0.2) is 5.13 Å². The van der Waals surface area contributed by atoms with Crippen molar-refractivity contribution in [3.05, 3.63) is 39.9 Å². The van der Waals surface area contributed by atoms with E-state index < -0.39 is 17.4 Å². The van der Waals surface area contributed by atoms with E-state index in [1.807, 2.05) is 0 Å². The minimum atomic E-state index is -1.26. The molecule has 6 nitrogen and oxygen atoms in total. The van der Waals surface area contributed by atoms with E-state index in [1.54, 1.807) is 38.1 Å². The highest BCUT2D eigenvalue weighted by atomic mass is 35.5. The fourth-order valence-electron chi connectivity index (χ4n) is 1.68. The zero-order chi connectivity index (χ0) is 17.7. The molecule has 1 atom stereocenters. The molecule has 0 saturated carbocycles. The first-order chi connectivity index (χ1) is 11.4. The van der Waals surface area contributed by atoms with E-state index in [9.17, 15) is 9.59 Å².